The van der Waals surface area contributed by atoms with Crippen LogP contribution >= 0.6 is 0 Å². The molecular weight excluding hydrogens is 292 g/mol. The van der Waals surface area contributed by atoms with Crippen LogP contribution in [0.15, 0.2) is 36.4 Å². The second-order valence-corrected chi connectivity index (χ2v) is 5.55. The molecule has 0 heterocycles. The van der Waals surface area contributed by atoms with Crippen LogP contribution in [0.4, 0.5) is 0 Å². The van der Waals surface area contributed by atoms with Gasteiger partial charge in [-0.25, -0.2) is 4.79 Å². The minimum Gasteiger partial charge on any atom is -0.491 e. The highest BCUT2D eigenvalue weighted by molar-refractivity contribution is 5.94. The zero-order valence-electron chi connectivity index (χ0n) is 13.6. The van der Waals surface area contributed by atoms with Crippen LogP contribution in [-0.2, 0) is 4.74 Å². The highest BCUT2D eigenvalue weighted by Gasteiger charge is 2.04. The molecule has 0 unspecified atom stereocenters. The molecule has 0 radical (unpaired) electrons. The molecule has 0 aliphatic rings. The Morgan fingerprint density at radius 1 is 0.957 bits per heavy atom. The Morgan fingerprint density at radius 3 is 2.52 bits per heavy atom. The van der Waals surface area contributed by atoms with Crippen LogP contribution in [0.1, 0.15) is 43.0 Å². The first kappa shape index (κ1) is 17.3. The van der Waals surface area contributed by atoms with E-state index in [1.807, 2.05) is 18.2 Å². The molecule has 0 aliphatic heterocycles. The maximum absolute atomic E-state index is 11.0. The number of unbranched alkanes of at least 4 members (excludes halogenated alkanes) is 3. The van der Waals surface area contributed by atoms with Gasteiger partial charge in [0.25, 0.3) is 0 Å². The molecule has 0 spiro atoms. The van der Waals surface area contributed by atoms with E-state index in [2.05, 4.69) is 6.92 Å². The average Bonchev–Trinajstić information content (AvgIpc) is 2.56. The molecule has 1 N–H and O–H groups in total. The van der Waals surface area contributed by atoms with Gasteiger partial charge in [-0.2, -0.15) is 0 Å². The summed E-state index contributed by atoms with van der Waals surface area (Å²) in [6, 6.07) is 10.7. The minimum atomic E-state index is -0.914. The molecule has 0 atom stereocenters. The van der Waals surface area contributed by atoms with Crippen molar-refractivity contribution in [1.29, 1.82) is 0 Å². The molecule has 0 saturated carbocycles. The summed E-state index contributed by atoms with van der Waals surface area (Å²) < 4.78 is 11.2. The van der Waals surface area contributed by atoms with Crippen LogP contribution < -0.4 is 4.74 Å². The lowest BCUT2D eigenvalue weighted by molar-refractivity contribution is 0.0697. The van der Waals surface area contributed by atoms with Crippen LogP contribution in [0.25, 0.3) is 10.8 Å². The van der Waals surface area contributed by atoms with Crippen molar-refractivity contribution in [3.63, 3.8) is 0 Å². The number of hydrogen-bond donors (Lipinski definition) is 1. The first-order valence-electron chi connectivity index (χ1n) is 8.18. The van der Waals surface area contributed by atoms with E-state index in [9.17, 15) is 4.79 Å². The molecule has 0 amide bonds. The molecule has 4 nitrogen and oxygen atoms in total. The van der Waals surface area contributed by atoms with Gasteiger partial charge in [0.2, 0.25) is 0 Å². The van der Waals surface area contributed by atoms with Gasteiger partial charge in [-0.3, -0.25) is 0 Å². The SMILES string of the molecule is CCCCCCOCCOc1ccc2cc(C(=O)O)ccc2c1. The van der Waals surface area contributed by atoms with Crippen molar-refractivity contribution in [3.05, 3.63) is 42.0 Å². The number of carboxylic acid groups (broad SMARTS) is 1. The fourth-order valence-electron chi connectivity index (χ4n) is 2.40. The van der Waals surface area contributed by atoms with Gasteiger partial charge < -0.3 is 14.6 Å². The molecule has 0 saturated heterocycles. The van der Waals surface area contributed by atoms with Crippen molar-refractivity contribution < 1.29 is 19.4 Å². The zero-order chi connectivity index (χ0) is 16.5. The summed E-state index contributed by atoms with van der Waals surface area (Å²) in [5.74, 6) is -0.140. The molecule has 124 valence electrons. The van der Waals surface area contributed by atoms with E-state index < -0.39 is 5.97 Å². The summed E-state index contributed by atoms with van der Waals surface area (Å²) in [4.78, 5) is 11.0. The third-order valence-electron chi connectivity index (χ3n) is 3.70. The lowest BCUT2D eigenvalue weighted by atomic mass is 10.1. The Kier molecular flexibility index (Phi) is 6.88. The zero-order valence-corrected chi connectivity index (χ0v) is 13.6. The van der Waals surface area contributed by atoms with Crippen LogP contribution in [0.2, 0.25) is 0 Å². The lowest BCUT2D eigenvalue weighted by Gasteiger charge is -2.08. The number of carboxylic acids is 1. The fraction of sp³-hybridized carbons (Fsp3) is 0.421. The predicted octanol–water partition coefficient (Wildman–Crippen LogP) is 4.51. The van der Waals surface area contributed by atoms with E-state index in [-0.39, 0.29) is 0 Å². The van der Waals surface area contributed by atoms with E-state index in [4.69, 9.17) is 14.6 Å². The third-order valence-corrected chi connectivity index (χ3v) is 3.70. The molecule has 2 aromatic rings. The molecule has 0 aromatic heterocycles. The van der Waals surface area contributed by atoms with Gasteiger partial charge >= 0.3 is 5.97 Å². The predicted molar refractivity (Wildman–Crippen MR) is 91.4 cm³/mol. The minimum absolute atomic E-state index is 0.294. The van der Waals surface area contributed by atoms with Crippen molar-refractivity contribution in [3.8, 4) is 5.75 Å². The standard InChI is InChI=1S/C19H24O4/c1-2-3-4-5-10-22-11-12-23-18-9-8-15-13-17(19(20)21)7-6-16(15)14-18/h6-9,13-14H,2-5,10-12H2,1H3,(H,20,21). The maximum Gasteiger partial charge on any atom is 0.335 e. The second kappa shape index (κ2) is 9.16. The Morgan fingerprint density at radius 2 is 1.74 bits per heavy atom. The van der Waals surface area contributed by atoms with Gasteiger partial charge in [-0.05, 0) is 41.5 Å². The van der Waals surface area contributed by atoms with Gasteiger partial charge in [-0.1, -0.05) is 38.3 Å². The lowest BCUT2D eigenvalue weighted by Crippen LogP contribution is -2.07. The molecule has 0 bridgehead atoms. The van der Waals surface area contributed by atoms with Crippen molar-refractivity contribution in [2.75, 3.05) is 19.8 Å². The van der Waals surface area contributed by atoms with Crippen molar-refractivity contribution in [2.45, 2.75) is 32.6 Å². The van der Waals surface area contributed by atoms with Crippen LogP contribution in [0.5, 0.6) is 5.75 Å². The number of carbonyl (C=O) groups is 1. The smallest absolute Gasteiger partial charge is 0.335 e. The van der Waals surface area contributed by atoms with Crippen molar-refractivity contribution in [1.82, 2.24) is 0 Å². The largest absolute Gasteiger partial charge is 0.491 e. The summed E-state index contributed by atoms with van der Waals surface area (Å²) in [5.41, 5.74) is 0.294. The molecular formula is C19H24O4. The number of hydrogen-bond acceptors (Lipinski definition) is 3. The molecule has 2 rings (SSSR count). The monoisotopic (exact) mass is 316 g/mol. The summed E-state index contributed by atoms with van der Waals surface area (Å²) >= 11 is 0. The van der Waals surface area contributed by atoms with Crippen LogP contribution in [-0.4, -0.2) is 30.9 Å². The highest BCUT2D eigenvalue weighted by Crippen LogP contribution is 2.22. The maximum atomic E-state index is 11.0. The molecule has 0 aliphatic carbocycles. The number of fused-ring (bicyclic) bond motifs is 1. The van der Waals surface area contributed by atoms with E-state index in [0.717, 1.165) is 29.5 Å². The van der Waals surface area contributed by atoms with E-state index in [0.29, 0.717) is 18.8 Å². The first-order chi connectivity index (χ1) is 11.2. The van der Waals surface area contributed by atoms with E-state index in [1.54, 1.807) is 18.2 Å². The summed E-state index contributed by atoms with van der Waals surface area (Å²) in [7, 11) is 0. The normalized spacial score (nSPS) is 10.8. The van der Waals surface area contributed by atoms with Crippen LogP contribution in [0, 0.1) is 0 Å². The topological polar surface area (TPSA) is 55.8 Å². The second-order valence-electron chi connectivity index (χ2n) is 5.55. The number of rotatable bonds is 10. The molecule has 23 heavy (non-hydrogen) atoms. The van der Waals surface area contributed by atoms with Gasteiger partial charge in [0.15, 0.2) is 0 Å². The van der Waals surface area contributed by atoms with E-state index >= 15 is 0 Å². The summed E-state index contributed by atoms with van der Waals surface area (Å²) in [6.07, 6.45) is 4.83. The van der Waals surface area contributed by atoms with Gasteiger partial charge in [0.05, 0.1) is 12.2 Å². The summed E-state index contributed by atoms with van der Waals surface area (Å²) in [5, 5.41) is 10.9. The van der Waals surface area contributed by atoms with Gasteiger partial charge in [0, 0.05) is 6.61 Å². The Labute approximate surface area is 137 Å². The summed E-state index contributed by atoms with van der Waals surface area (Å²) in [6.45, 7) is 4.09. The molecule has 2 aromatic carbocycles. The van der Waals surface area contributed by atoms with Crippen LogP contribution in [0.3, 0.4) is 0 Å². The average molecular weight is 316 g/mol. The Hall–Kier alpha value is -2.07. The highest BCUT2D eigenvalue weighted by atomic mass is 16.5. The van der Waals surface area contributed by atoms with Gasteiger partial charge in [-0.15, -0.1) is 0 Å². The fourth-order valence-corrected chi connectivity index (χ4v) is 2.40. The quantitative estimate of drug-likeness (QED) is 0.655. The Bertz CT molecular complexity index is 636. The third kappa shape index (κ3) is 5.57. The number of benzene rings is 2. The molecule has 0 fully saturated rings. The first-order valence-corrected chi connectivity index (χ1v) is 8.18. The van der Waals surface area contributed by atoms with Gasteiger partial charge in [0.1, 0.15) is 12.4 Å². The molecule has 4 heteroatoms. The van der Waals surface area contributed by atoms with Crippen molar-refractivity contribution in [2.24, 2.45) is 0 Å². The number of ether oxygens (including phenoxy) is 2. The number of aromatic carboxylic acids is 1. The Balaban J connectivity index is 1.78. The van der Waals surface area contributed by atoms with E-state index in [1.165, 1.54) is 19.3 Å². The van der Waals surface area contributed by atoms with Crippen molar-refractivity contribution >= 4 is 16.7 Å².